The van der Waals surface area contributed by atoms with Crippen LogP contribution < -0.4 is 0 Å². The smallest absolute Gasteiger partial charge is 0.346 e. The Kier molecular flexibility index (Phi) is 5.14. The molecule has 0 aromatic rings. The van der Waals surface area contributed by atoms with Gasteiger partial charge >= 0.3 is 11.9 Å². The van der Waals surface area contributed by atoms with Gasteiger partial charge in [0.15, 0.2) is 5.57 Å². The van der Waals surface area contributed by atoms with Gasteiger partial charge in [-0.15, -0.1) is 0 Å². The maximum Gasteiger partial charge on any atom is 0.346 e. The number of hydrogen-bond acceptors (Lipinski definition) is 3. The lowest BCUT2D eigenvalue weighted by Crippen LogP contribution is -2.16. The molecule has 1 N–H and O–H groups in total. The SMILES string of the molecule is CCOC(=O)/C(C(=O)O)=C(\Cl)CC. The van der Waals surface area contributed by atoms with Crippen molar-refractivity contribution in [3.05, 3.63) is 10.6 Å². The van der Waals surface area contributed by atoms with Crippen molar-refractivity contribution >= 4 is 23.5 Å². The summed E-state index contributed by atoms with van der Waals surface area (Å²) in [5, 5.41) is 8.63. The van der Waals surface area contributed by atoms with Gasteiger partial charge in [0, 0.05) is 5.03 Å². The minimum Gasteiger partial charge on any atom is -0.477 e. The lowest BCUT2D eigenvalue weighted by molar-refractivity contribution is -0.143. The molecule has 0 aliphatic carbocycles. The van der Waals surface area contributed by atoms with Gasteiger partial charge in [0.2, 0.25) is 0 Å². The Bertz CT molecular complexity index is 245. The molecule has 0 bridgehead atoms. The summed E-state index contributed by atoms with van der Waals surface area (Å²) in [6, 6.07) is 0. The zero-order valence-electron chi connectivity index (χ0n) is 7.46. The number of carbonyl (C=O) groups excluding carboxylic acids is 1. The molecule has 0 aromatic carbocycles. The van der Waals surface area contributed by atoms with Gasteiger partial charge in [-0.3, -0.25) is 0 Å². The molecule has 0 rings (SSSR count). The third-order valence-corrected chi connectivity index (χ3v) is 1.73. The standard InChI is InChI=1S/C8H11ClO4/c1-3-5(9)6(7(10)11)8(12)13-4-2/h3-4H2,1-2H3,(H,10,11)/b6-5-. The summed E-state index contributed by atoms with van der Waals surface area (Å²) in [6.07, 6.45) is 0.294. The van der Waals surface area contributed by atoms with Gasteiger partial charge in [-0.2, -0.15) is 0 Å². The molecule has 74 valence electrons. The van der Waals surface area contributed by atoms with Crippen LogP contribution >= 0.6 is 11.6 Å². The van der Waals surface area contributed by atoms with E-state index in [1.165, 1.54) is 0 Å². The lowest BCUT2D eigenvalue weighted by Gasteiger charge is -2.03. The highest BCUT2D eigenvalue weighted by atomic mass is 35.5. The normalized spacial score (nSPS) is 11.9. The number of ether oxygens (including phenoxy) is 1. The van der Waals surface area contributed by atoms with Crippen LogP contribution in [0.3, 0.4) is 0 Å². The van der Waals surface area contributed by atoms with E-state index < -0.39 is 17.5 Å². The fourth-order valence-corrected chi connectivity index (χ4v) is 0.852. The molecule has 0 aliphatic rings. The van der Waals surface area contributed by atoms with Crippen molar-refractivity contribution in [3.8, 4) is 0 Å². The second-order valence-corrected chi connectivity index (χ2v) is 2.62. The summed E-state index contributed by atoms with van der Waals surface area (Å²) in [5.41, 5.74) is -0.481. The highest BCUT2D eigenvalue weighted by molar-refractivity contribution is 6.35. The monoisotopic (exact) mass is 206 g/mol. The molecule has 0 unspecified atom stereocenters. The maximum atomic E-state index is 11.0. The van der Waals surface area contributed by atoms with E-state index in [0.717, 1.165) is 0 Å². The largest absolute Gasteiger partial charge is 0.477 e. The van der Waals surface area contributed by atoms with Gasteiger partial charge in [0.1, 0.15) is 0 Å². The van der Waals surface area contributed by atoms with Gasteiger partial charge in [-0.05, 0) is 13.3 Å². The summed E-state index contributed by atoms with van der Waals surface area (Å²) in [6.45, 7) is 3.38. The van der Waals surface area contributed by atoms with E-state index in [9.17, 15) is 9.59 Å². The van der Waals surface area contributed by atoms with Crippen LogP contribution in [0.4, 0.5) is 0 Å². The Balaban J connectivity index is 4.82. The van der Waals surface area contributed by atoms with Crippen molar-refractivity contribution < 1.29 is 19.4 Å². The van der Waals surface area contributed by atoms with E-state index in [1.54, 1.807) is 13.8 Å². The molecule has 4 nitrogen and oxygen atoms in total. The number of aliphatic carboxylic acids is 1. The predicted molar refractivity (Wildman–Crippen MR) is 47.4 cm³/mol. The van der Waals surface area contributed by atoms with Crippen LogP contribution in [0.2, 0.25) is 0 Å². The lowest BCUT2D eigenvalue weighted by atomic mass is 10.2. The van der Waals surface area contributed by atoms with Crippen LogP contribution in [0, 0.1) is 0 Å². The minimum absolute atomic E-state index is 0.00551. The summed E-state index contributed by atoms with van der Waals surface area (Å²) >= 11 is 5.55. The predicted octanol–water partition coefficient (Wildman–Crippen LogP) is 1.54. The van der Waals surface area contributed by atoms with Gasteiger partial charge in [0.05, 0.1) is 6.61 Å². The van der Waals surface area contributed by atoms with Crippen LogP contribution in [-0.4, -0.2) is 23.7 Å². The highest BCUT2D eigenvalue weighted by Gasteiger charge is 2.22. The minimum atomic E-state index is -1.36. The average molecular weight is 207 g/mol. The summed E-state index contributed by atoms with van der Waals surface area (Å²) < 4.78 is 4.53. The first-order valence-corrected chi connectivity index (χ1v) is 4.21. The third kappa shape index (κ3) is 3.46. The second-order valence-electron chi connectivity index (χ2n) is 2.16. The fourth-order valence-electron chi connectivity index (χ4n) is 0.694. The molecule has 5 heteroatoms. The average Bonchev–Trinajstić information content (AvgIpc) is 2.04. The van der Waals surface area contributed by atoms with Crippen LogP contribution in [0.25, 0.3) is 0 Å². The van der Waals surface area contributed by atoms with Crippen molar-refractivity contribution in [2.24, 2.45) is 0 Å². The molecule has 0 radical (unpaired) electrons. The van der Waals surface area contributed by atoms with E-state index in [2.05, 4.69) is 4.74 Å². The van der Waals surface area contributed by atoms with Gasteiger partial charge in [-0.25, -0.2) is 9.59 Å². The fraction of sp³-hybridized carbons (Fsp3) is 0.500. The molecular formula is C8H11ClO4. The van der Waals surface area contributed by atoms with Crippen LogP contribution in [0.5, 0.6) is 0 Å². The molecule has 0 saturated heterocycles. The van der Waals surface area contributed by atoms with Crippen LogP contribution in [0.15, 0.2) is 10.6 Å². The molecule has 0 aliphatic heterocycles. The molecular weight excluding hydrogens is 196 g/mol. The zero-order valence-corrected chi connectivity index (χ0v) is 8.22. The Morgan fingerprint density at radius 1 is 1.38 bits per heavy atom. The molecule has 0 spiro atoms. The Hall–Kier alpha value is -1.03. The van der Waals surface area contributed by atoms with Crippen molar-refractivity contribution in [1.82, 2.24) is 0 Å². The quantitative estimate of drug-likeness (QED) is 0.328. The number of carboxylic acids is 1. The molecule has 0 aromatic heterocycles. The van der Waals surface area contributed by atoms with Crippen molar-refractivity contribution in [2.45, 2.75) is 20.3 Å². The van der Waals surface area contributed by atoms with Gasteiger partial charge in [0.25, 0.3) is 0 Å². The Morgan fingerprint density at radius 3 is 2.23 bits per heavy atom. The van der Waals surface area contributed by atoms with E-state index in [-0.39, 0.29) is 11.6 Å². The van der Waals surface area contributed by atoms with Crippen molar-refractivity contribution in [1.29, 1.82) is 0 Å². The number of carboxylic acid groups (broad SMARTS) is 1. The Labute approximate surface area is 81.1 Å². The van der Waals surface area contributed by atoms with E-state index in [1.807, 2.05) is 0 Å². The van der Waals surface area contributed by atoms with Gasteiger partial charge in [-0.1, -0.05) is 18.5 Å². The van der Waals surface area contributed by atoms with E-state index >= 15 is 0 Å². The molecule has 0 amide bonds. The molecule has 13 heavy (non-hydrogen) atoms. The number of hydrogen-bond donors (Lipinski definition) is 1. The molecule has 0 atom stereocenters. The molecule has 0 saturated carbocycles. The number of halogens is 1. The number of allylic oxidation sites excluding steroid dienone is 1. The van der Waals surface area contributed by atoms with E-state index in [0.29, 0.717) is 6.42 Å². The first-order chi connectivity index (χ1) is 6.04. The summed E-state index contributed by atoms with van der Waals surface area (Å²) in [5.74, 6) is -2.24. The summed E-state index contributed by atoms with van der Waals surface area (Å²) in [7, 11) is 0. The topological polar surface area (TPSA) is 63.6 Å². The van der Waals surface area contributed by atoms with Crippen molar-refractivity contribution in [2.75, 3.05) is 6.61 Å². The first-order valence-electron chi connectivity index (χ1n) is 3.83. The number of carbonyl (C=O) groups is 2. The second kappa shape index (κ2) is 5.59. The zero-order chi connectivity index (χ0) is 10.4. The van der Waals surface area contributed by atoms with Crippen LogP contribution in [-0.2, 0) is 14.3 Å². The summed E-state index contributed by atoms with van der Waals surface area (Å²) in [4.78, 5) is 21.6. The molecule has 0 heterocycles. The number of esters is 1. The maximum absolute atomic E-state index is 11.0. The van der Waals surface area contributed by atoms with Crippen molar-refractivity contribution in [3.63, 3.8) is 0 Å². The highest BCUT2D eigenvalue weighted by Crippen LogP contribution is 2.15. The first kappa shape index (κ1) is 12.0. The molecule has 0 fully saturated rings. The number of rotatable bonds is 4. The van der Waals surface area contributed by atoms with Gasteiger partial charge < -0.3 is 9.84 Å². The van der Waals surface area contributed by atoms with E-state index in [4.69, 9.17) is 16.7 Å². The Morgan fingerprint density at radius 2 is 1.92 bits per heavy atom. The van der Waals surface area contributed by atoms with Crippen LogP contribution in [0.1, 0.15) is 20.3 Å². The third-order valence-electron chi connectivity index (χ3n) is 1.28.